The number of benzene rings is 1. The van der Waals surface area contributed by atoms with E-state index in [0.717, 1.165) is 30.8 Å². The van der Waals surface area contributed by atoms with Crippen molar-refractivity contribution in [1.82, 2.24) is 9.88 Å². The fraction of sp³-hybridized carbons (Fsp3) is 0.400. The van der Waals surface area contributed by atoms with Gasteiger partial charge in [0.05, 0.1) is 0 Å². The van der Waals surface area contributed by atoms with Gasteiger partial charge in [0.15, 0.2) is 0 Å². The summed E-state index contributed by atoms with van der Waals surface area (Å²) in [5.74, 6) is 0. The summed E-state index contributed by atoms with van der Waals surface area (Å²) in [6.45, 7) is 8.16. The molecule has 0 aliphatic rings. The van der Waals surface area contributed by atoms with Gasteiger partial charge in [-0.2, -0.15) is 0 Å². The van der Waals surface area contributed by atoms with Crippen LogP contribution in [0.5, 0.6) is 0 Å². The first-order chi connectivity index (χ1) is 14.1. The summed E-state index contributed by atoms with van der Waals surface area (Å²) in [4.78, 5) is 6.27. The fourth-order valence-electron chi connectivity index (χ4n) is 2.16. The Morgan fingerprint density at radius 3 is 1.91 bits per heavy atom. The molecule has 0 fully saturated rings. The van der Waals surface area contributed by atoms with Gasteiger partial charge in [-0.15, -0.1) is 35.4 Å². The van der Waals surface area contributed by atoms with Crippen LogP contribution in [0.4, 0.5) is 25.2 Å². The van der Waals surface area contributed by atoms with E-state index in [2.05, 4.69) is 36.2 Å². The summed E-state index contributed by atoms with van der Waals surface area (Å²) in [6.07, 6.45) is 5.45. The van der Waals surface area contributed by atoms with Gasteiger partial charge in [-0.05, 0) is 25.6 Å². The van der Waals surface area contributed by atoms with Gasteiger partial charge in [-0.25, -0.2) is 0 Å². The molecule has 0 spiro atoms. The number of aromatic nitrogens is 1. The molecule has 0 radical (unpaired) electrons. The Morgan fingerprint density at radius 2 is 1.59 bits per heavy atom. The first kappa shape index (κ1) is 33.4. The Morgan fingerprint density at radius 1 is 1.03 bits per heavy atom. The molecule has 0 unspecified atom stereocenters. The maximum Gasteiger partial charge on any atom is 3.00 e. The SMILES string of the molecule is CCCCc1c[c-]c(-c2ccccn2)cc1.CCN(CC)C(=S)[S-].F[P-](F)(F)(F)(F)F.[Au+3]. The Balaban J connectivity index is 0. The van der Waals surface area contributed by atoms with Crippen LogP contribution in [0.1, 0.15) is 39.2 Å². The van der Waals surface area contributed by atoms with Crippen molar-refractivity contribution < 1.29 is 47.6 Å². The molecule has 0 amide bonds. The van der Waals surface area contributed by atoms with Gasteiger partial charge in [0.2, 0.25) is 0 Å². The second kappa shape index (κ2) is 13.8. The summed E-state index contributed by atoms with van der Waals surface area (Å²) in [5, 5.41) is 0. The van der Waals surface area contributed by atoms with Crippen molar-refractivity contribution in [1.29, 1.82) is 0 Å². The summed E-state index contributed by atoms with van der Waals surface area (Å²) in [6, 6.07) is 15.6. The average molecular weight is 701 g/mol. The second-order valence-corrected chi connectivity index (χ2v) is 9.27. The molecule has 2 rings (SSSR count). The van der Waals surface area contributed by atoms with E-state index in [1.54, 1.807) is 0 Å². The summed E-state index contributed by atoms with van der Waals surface area (Å²) >= 11 is 9.51. The average Bonchev–Trinajstić information content (AvgIpc) is 2.66. The van der Waals surface area contributed by atoms with Gasteiger partial charge in [0.1, 0.15) is 0 Å². The zero-order valence-corrected chi connectivity index (χ0v) is 22.5. The zero-order chi connectivity index (χ0) is 24.2. The third-order valence-corrected chi connectivity index (χ3v) is 4.18. The monoisotopic (exact) mass is 700 g/mol. The van der Waals surface area contributed by atoms with E-state index in [-0.39, 0.29) is 22.4 Å². The smallest absolute Gasteiger partial charge is 3.00 e. The third-order valence-electron chi connectivity index (χ3n) is 3.66. The first-order valence-corrected chi connectivity index (χ1v) is 12.4. The van der Waals surface area contributed by atoms with Crippen molar-refractivity contribution in [3.05, 3.63) is 54.2 Å². The van der Waals surface area contributed by atoms with Crippen LogP contribution in [0.15, 0.2) is 42.6 Å². The summed E-state index contributed by atoms with van der Waals surface area (Å²) in [5.41, 5.74) is 3.42. The Labute approximate surface area is 212 Å². The molecular formula is C20H26AuF6N2PS2. The fourth-order valence-corrected chi connectivity index (χ4v) is 2.67. The van der Waals surface area contributed by atoms with E-state index in [9.17, 15) is 25.2 Å². The molecular weight excluding hydrogens is 674 g/mol. The van der Waals surface area contributed by atoms with E-state index in [4.69, 9.17) is 24.8 Å². The first-order valence-electron chi connectivity index (χ1n) is 9.51. The molecule has 32 heavy (non-hydrogen) atoms. The quantitative estimate of drug-likeness (QED) is 0.0751. The number of hydrogen-bond acceptors (Lipinski definition) is 3. The van der Waals surface area contributed by atoms with Crippen LogP contribution in [0.2, 0.25) is 0 Å². The van der Waals surface area contributed by atoms with Gasteiger partial charge >= 0.3 is 55.4 Å². The molecule has 12 heteroatoms. The molecule has 0 atom stereocenters. The molecule has 0 N–H and O–H groups in total. The minimum Gasteiger partial charge on any atom is 3.00 e. The predicted octanol–water partition coefficient (Wildman–Crippen LogP) is 8.43. The molecule has 0 aliphatic heterocycles. The zero-order valence-electron chi connectivity index (χ0n) is 17.8. The molecule has 1 aromatic heterocycles. The number of aryl methyl sites for hydroxylation is 1. The maximum absolute atomic E-state index is 10.7. The van der Waals surface area contributed by atoms with E-state index < -0.39 is 7.81 Å². The number of halogens is 6. The standard InChI is InChI=1S/C15H16N.C5H11NS2.Au.F6P/c1-2-3-6-13-8-10-14(11-9-13)15-7-4-5-12-16-15;1-3-6(4-2)5(7)8;;1-7(2,3,4,5)6/h4-5,7-10,12H,2-3,6H2,1H3;3-4H2,1-2H3,(H,7,8);;/q-1;;+3;-1/p-1. The summed E-state index contributed by atoms with van der Waals surface area (Å²) in [7, 11) is -10.7. The van der Waals surface area contributed by atoms with E-state index in [1.165, 1.54) is 18.4 Å². The second-order valence-electron chi connectivity index (χ2n) is 6.33. The molecule has 1 heterocycles. The van der Waals surface area contributed by atoms with Crippen LogP contribution in [-0.4, -0.2) is 27.3 Å². The van der Waals surface area contributed by atoms with Crippen molar-refractivity contribution >= 4 is 37.0 Å². The number of nitrogens with zero attached hydrogens (tertiary/aromatic N) is 2. The van der Waals surface area contributed by atoms with Gasteiger partial charge in [-0.3, -0.25) is 0 Å². The summed E-state index contributed by atoms with van der Waals surface area (Å²) < 4.78 is 59.8. The minimum atomic E-state index is -10.7. The molecule has 1 aromatic carbocycles. The van der Waals surface area contributed by atoms with Crippen LogP contribution in [0.3, 0.4) is 0 Å². The van der Waals surface area contributed by atoms with Crippen LogP contribution < -0.4 is 0 Å². The van der Waals surface area contributed by atoms with Crippen LogP contribution in [0, 0.1) is 6.07 Å². The maximum atomic E-state index is 9.87. The molecule has 0 saturated carbocycles. The molecule has 2 aromatic rings. The Bertz CT molecular complexity index is 776. The minimum absolute atomic E-state index is 0. The molecule has 0 saturated heterocycles. The van der Waals surface area contributed by atoms with Crippen LogP contribution >= 0.6 is 20.0 Å². The van der Waals surface area contributed by atoms with Gasteiger partial charge < -0.3 is 34.7 Å². The van der Waals surface area contributed by atoms with E-state index in [1.807, 2.05) is 43.1 Å². The van der Waals surface area contributed by atoms with E-state index >= 15 is 0 Å². The van der Waals surface area contributed by atoms with Gasteiger partial charge in [0.25, 0.3) is 0 Å². The normalized spacial score (nSPS) is 12.4. The number of unbranched alkanes of at least 4 members (excludes halogenated alkanes) is 1. The van der Waals surface area contributed by atoms with Crippen molar-refractivity contribution in [3.63, 3.8) is 0 Å². The van der Waals surface area contributed by atoms with Crippen LogP contribution in [-0.2, 0) is 41.4 Å². The number of hydrogen-bond donors (Lipinski definition) is 0. The Kier molecular flexibility index (Phi) is 14.4. The molecule has 0 aliphatic carbocycles. The predicted molar refractivity (Wildman–Crippen MR) is 124 cm³/mol. The Hall–Kier alpha value is -0.770. The molecule has 186 valence electrons. The largest absolute Gasteiger partial charge is 3.00 e. The number of thiocarbonyl (C=S) groups is 1. The number of pyridine rings is 1. The van der Waals surface area contributed by atoms with Crippen molar-refractivity contribution in [3.8, 4) is 11.3 Å². The third kappa shape index (κ3) is 21.1. The molecule has 0 bridgehead atoms. The number of rotatable bonds is 6. The van der Waals surface area contributed by atoms with Crippen molar-refractivity contribution in [2.75, 3.05) is 13.1 Å². The van der Waals surface area contributed by atoms with Crippen molar-refractivity contribution in [2.45, 2.75) is 40.0 Å². The van der Waals surface area contributed by atoms with Gasteiger partial charge in [-0.1, -0.05) is 42.6 Å². The van der Waals surface area contributed by atoms with E-state index in [0.29, 0.717) is 4.32 Å². The topological polar surface area (TPSA) is 16.1 Å². The van der Waals surface area contributed by atoms with Crippen LogP contribution in [0.25, 0.3) is 11.3 Å². The van der Waals surface area contributed by atoms with Crippen molar-refractivity contribution in [2.24, 2.45) is 0 Å². The molecule has 2 nitrogen and oxygen atoms in total. The van der Waals surface area contributed by atoms with Gasteiger partial charge in [0, 0.05) is 19.3 Å².